The number of aryl methyl sites for hydroxylation is 1. The average Bonchev–Trinajstić information content (AvgIpc) is 2.94. The highest BCUT2D eigenvalue weighted by molar-refractivity contribution is 5.90. The molecule has 1 aliphatic carbocycles. The number of hydrogen-bond donors (Lipinski definition) is 1. The summed E-state index contributed by atoms with van der Waals surface area (Å²) >= 11 is 0. The topological polar surface area (TPSA) is 60.6 Å². The molecule has 0 atom stereocenters. The Bertz CT molecular complexity index is 535. The van der Waals surface area contributed by atoms with Crippen LogP contribution in [0, 0.1) is 0 Å². The molecule has 2 aliphatic rings. The highest BCUT2D eigenvalue weighted by Gasteiger charge is 2.39. The molecule has 3 rings (SSSR count). The van der Waals surface area contributed by atoms with Gasteiger partial charge < -0.3 is 19.2 Å². The Hall–Kier alpha value is -1.33. The van der Waals surface area contributed by atoms with E-state index in [0.29, 0.717) is 18.9 Å². The Morgan fingerprint density at radius 3 is 2.57 bits per heavy atom. The summed E-state index contributed by atoms with van der Waals surface area (Å²) in [5.41, 5.74) is 2.32. The van der Waals surface area contributed by atoms with Crippen molar-refractivity contribution in [3.8, 4) is 0 Å². The molecule has 1 fully saturated rings. The standard InChI is InChI=1S/C16H23NO4/c1-15(2,3)21-14(18)13-12-5-7-16(19-8-9-20-16)6-4-11(12)10-17-13/h10,17H,4-9H2,1-3H3. The Morgan fingerprint density at radius 2 is 1.90 bits per heavy atom. The van der Waals surface area contributed by atoms with Crippen molar-refractivity contribution in [2.75, 3.05) is 13.2 Å². The summed E-state index contributed by atoms with van der Waals surface area (Å²) in [6.07, 6.45) is 5.17. The van der Waals surface area contributed by atoms with Gasteiger partial charge in [0.15, 0.2) is 5.79 Å². The molecule has 1 aromatic rings. The molecule has 2 heterocycles. The van der Waals surface area contributed by atoms with Crippen molar-refractivity contribution < 1.29 is 19.0 Å². The first kappa shape index (κ1) is 14.6. The molecule has 0 aromatic carbocycles. The molecule has 0 amide bonds. The third-order valence-corrected chi connectivity index (χ3v) is 4.03. The number of carbonyl (C=O) groups is 1. The maximum absolute atomic E-state index is 12.3. The van der Waals surface area contributed by atoms with Crippen LogP contribution in [0.15, 0.2) is 6.20 Å². The molecule has 0 saturated carbocycles. The van der Waals surface area contributed by atoms with Crippen molar-refractivity contribution >= 4 is 5.97 Å². The second kappa shape index (κ2) is 5.14. The van der Waals surface area contributed by atoms with Crippen molar-refractivity contribution in [3.63, 3.8) is 0 Å². The van der Waals surface area contributed by atoms with E-state index < -0.39 is 11.4 Å². The number of aromatic amines is 1. The highest BCUT2D eigenvalue weighted by Crippen LogP contribution is 2.35. The lowest BCUT2D eigenvalue weighted by atomic mass is 10.1. The van der Waals surface area contributed by atoms with Gasteiger partial charge >= 0.3 is 5.97 Å². The third-order valence-electron chi connectivity index (χ3n) is 4.03. The zero-order chi connectivity index (χ0) is 15.1. The average molecular weight is 293 g/mol. The van der Waals surface area contributed by atoms with Gasteiger partial charge in [0.1, 0.15) is 11.3 Å². The lowest BCUT2D eigenvalue weighted by Crippen LogP contribution is -2.30. The molecule has 0 unspecified atom stereocenters. The molecule has 5 nitrogen and oxygen atoms in total. The van der Waals surface area contributed by atoms with E-state index in [9.17, 15) is 4.79 Å². The summed E-state index contributed by atoms with van der Waals surface area (Å²) < 4.78 is 17.1. The van der Waals surface area contributed by atoms with Crippen LogP contribution < -0.4 is 0 Å². The summed E-state index contributed by atoms with van der Waals surface area (Å²) in [6.45, 7) is 6.95. The zero-order valence-corrected chi connectivity index (χ0v) is 13.0. The molecule has 0 radical (unpaired) electrons. The summed E-state index contributed by atoms with van der Waals surface area (Å²) in [7, 11) is 0. The molecular weight excluding hydrogens is 270 g/mol. The summed E-state index contributed by atoms with van der Waals surface area (Å²) in [4.78, 5) is 15.4. The number of H-pyrrole nitrogens is 1. The van der Waals surface area contributed by atoms with Gasteiger partial charge in [0.2, 0.25) is 0 Å². The number of fused-ring (bicyclic) bond motifs is 1. The van der Waals surface area contributed by atoms with Crippen LogP contribution in [0.5, 0.6) is 0 Å². The van der Waals surface area contributed by atoms with Gasteiger partial charge in [0, 0.05) is 19.0 Å². The molecule has 5 heteroatoms. The van der Waals surface area contributed by atoms with Gasteiger partial charge in [-0.25, -0.2) is 4.79 Å². The predicted molar refractivity (Wildman–Crippen MR) is 77.2 cm³/mol. The van der Waals surface area contributed by atoms with E-state index in [1.54, 1.807) is 0 Å². The lowest BCUT2D eigenvalue weighted by molar-refractivity contribution is -0.164. The smallest absolute Gasteiger partial charge is 0.355 e. The van der Waals surface area contributed by atoms with Crippen LogP contribution in [-0.4, -0.2) is 35.6 Å². The second-order valence-corrected chi connectivity index (χ2v) is 6.78. The first-order chi connectivity index (χ1) is 9.89. The fourth-order valence-corrected chi connectivity index (χ4v) is 3.07. The number of hydrogen-bond acceptors (Lipinski definition) is 4. The van der Waals surface area contributed by atoms with Crippen LogP contribution in [-0.2, 0) is 27.1 Å². The van der Waals surface area contributed by atoms with Crippen molar-refractivity contribution in [2.45, 2.75) is 57.8 Å². The molecule has 116 valence electrons. The Morgan fingerprint density at radius 1 is 1.24 bits per heavy atom. The zero-order valence-electron chi connectivity index (χ0n) is 13.0. The van der Waals surface area contributed by atoms with E-state index in [4.69, 9.17) is 14.2 Å². The highest BCUT2D eigenvalue weighted by atomic mass is 16.7. The first-order valence-corrected chi connectivity index (χ1v) is 7.59. The van der Waals surface area contributed by atoms with Crippen LogP contribution in [0.3, 0.4) is 0 Å². The predicted octanol–water partition coefficient (Wildman–Crippen LogP) is 2.59. The Labute approximate surface area is 125 Å². The monoisotopic (exact) mass is 293 g/mol. The first-order valence-electron chi connectivity index (χ1n) is 7.59. The maximum Gasteiger partial charge on any atom is 0.355 e. The minimum atomic E-state index is -0.487. The quantitative estimate of drug-likeness (QED) is 0.809. The third kappa shape index (κ3) is 2.99. The van der Waals surface area contributed by atoms with Crippen LogP contribution in [0.2, 0.25) is 0 Å². The number of carbonyl (C=O) groups excluding carboxylic acids is 1. The molecule has 1 N–H and O–H groups in total. The van der Waals surface area contributed by atoms with Crippen LogP contribution in [0.25, 0.3) is 0 Å². The van der Waals surface area contributed by atoms with Gasteiger partial charge in [-0.15, -0.1) is 0 Å². The van der Waals surface area contributed by atoms with E-state index in [1.807, 2.05) is 27.0 Å². The van der Waals surface area contributed by atoms with Gasteiger partial charge in [-0.3, -0.25) is 0 Å². The van der Waals surface area contributed by atoms with Gasteiger partial charge in [0.05, 0.1) is 13.2 Å². The van der Waals surface area contributed by atoms with E-state index in [1.165, 1.54) is 5.56 Å². The number of ether oxygens (including phenoxy) is 3. The molecule has 0 bridgehead atoms. The molecule has 21 heavy (non-hydrogen) atoms. The minimum Gasteiger partial charge on any atom is -0.455 e. The number of rotatable bonds is 1. The molecule has 1 saturated heterocycles. The van der Waals surface area contributed by atoms with E-state index in [0.717, 1.165) is 31.2 Å². The van der Waals surface area contributed by atoms with Gasteiger partial charge in [-0.1, -0.05) is 0 Å². The fourth-order valence-electron chi connectivity index (χ4n) is 3.07. The van der Waals surface area contributed by atoms with Crippen molar-refractivity contribution in [2.24, 2.45) is 0 Å². The summed E-state index contributed by atoms with van der Waals surface area (Å²) in [5.74, 6) is -0.731. The van der Waals surface area contributed by atoms with Gasteiger partial charge in [-0.2, -0.15) is 0 Å². The van der Waals surface area contributed by atoms with Crippen molar-refractivity contribution in [3.05, 3.63) is 23.0 Å². The number of esters is 1. The summed E-state index contributed by atoms with van der Waals surface area (Å²) in [6, 6.07) is 0. The van der Waals surface area contributed by atoms with Crippen LogP contribution in [0.1, 0.15) is 55.2 Å². The van der Waals surface area contributed by atoms with Gasteiger partial charge in [0.25, 0.3) is 0 Å². The Kier molecular flexibility index (Phi) is 3.58. The number of aromatic nitrogens is 1. The molecular formula is C16H23NO4. The van der Waals surface area contributed by atoms with E-state index in [-0.39, 0.29) is 5.97 Å². The fraction of sp³-hybridized carbons (Fsp3) is 0.688. The molecule has 1 spiro atoms. The van der Waals surface area contributed by atoms with Crippen LogP contribution in [0.4, 0.5) is 0 Å². The van der Waals surface area contributed by atoms with Crippen molar-refractivity contribution in [1.29, 1.82) is 0 Å². The largest absolute Gasteiger partial charge is 0.455 e. The minimum absolute atomic E-state index is 0.284. The van der Waals surface area contributed by atoms with Crippen LogP contribution >= 0.6 is 0 Å². The molecule has 1 aliphatic heterocycles. The second-order valence-electron chi connectivity index (χ2n) is 6.78. The molecule has 1 aromatic heterocycles. The Balaban J connectivity index is 1.79. The normalized spacial score (nSPS) is 21.1. The van der Waals surface area contributed by atoms with Gasteiger partial charge in [-0.05, 0) is 44.7 Å². The van der Waals surface area contributed by atoms with Crippen molar-refractivity contribution in [1.82, 2.24) is 4.98 Å². The van der Waals surface area contributed by atoms with E-state index >= 15 is 0 Å². The van der Waals surface area contributed by atoms with E-state index in [2.05, 4.69) is 4.98 Å². The maximum atomic E-state index is 12.3. The summed E-state index contributed by atoms with van der Waals surface area (Å²) in [5, 5.41) is 0. The lowest BCUT2D eigenvalue weighted by Gasteiger charge is -2.25. The number of nitrogens with one attached hydrogen (secondary N) is 1. The SMILES string of the molecule is CC(C)(C)OC(=O)c1[nH]cc2c1CCC1(CC2)OCCO1.